The smallest absolute Gasteiger partial charge is 0.321 e. The van der Waals surface area contributed by atoms with Gasteiger partial charge in [-0.05, 0) is 38.2 Å². The predicted molar refractivity (Wildman–Crippen MR) is 85.5 cm³/mol. The standard InChI is InChI=1S/C13H19ClN4O3S/c1-17-5-2-6-18(8-7-17)13(19)16-12-9-10(22(15,20)21)3-4-11(12)14/h3-4,9H,2,5-8H2,1H3,(H,16,19)(H2,15,20,21). The van der Waals surface area contributed by atoms with E-state index >= 15 is 0 Å². The molecule has 7 nitrogen and oxygen atoms in total. The normalized spacial score (nSPS) is 17.1. The summed E-state index contributed by atoms with van der Waals surface area (Å²) in [6.07, 6.45) is 0.884. The van der Waals surface area contributed by atoms with Crippen molar-refractivity contribution in [1.82, 2.24) is 9.80 Å². The number of nitrogens with two attached hydrogens (primary N) is 1. The van der Waals surface area contributed by atoms with Gasteiger partial charge in [0, 0.05) is 19.6 Å². The number of hydrogen-bond donors (Lipinski definition) is 2. The highest BCUT2D eigenvalue weighted by atomic mass is 35.5. The summed E-state index contributed by atoms with van der Waals surface area (Å²) in [4.78, 5) is 16.0. The molecule has 1 aliphatic heterocycles. The van der Waals surface area contributed by atoms with Crippen LogP contribution >= 0.6 is 11.6 Å². The molecule has 1 aromatic rings. The molecule has 22 heavy (non-hydrogen) atoms. The lowest BCUT2D eigenvalue weighted by molar-refractivity contribution is 0.213. The Morgan fingerprint density at radius 1 is 1.27 bits per heavy atom. The predicted octanol–water partition coefficient (Wildman–Crippen LogP) is 1.16. The Bertz CT molecular complexity index is 665. The second-order valence-corrected chi connectivity index (χ2v) is 7.23. The number of hydrogen-bond acceptors (Lipinski definition) is 4. The molecule has 9 heteroatoms. The van der Waals surface area contributed by atoms with Crippen LogP contribution in [0.2, 0.25) is 5.02 Å². The third kappa shape index (κ3) is 4.33. The van der Waals surface area contributed by atoms with Crippen LogP contribution in [0.25, 0.3) is 0 Å². The number of amides is 2. The molecular formula is C13H19ClN4O3S. The number of carbonyl (C=O) groups excluding carboxylic acids is 1. The zero-order valence-corrected chi connectivity index (χ0v) is 13.8. The van der Waals surface area contributed by atoms with Crippen molar-refractivity contribution in [1.29, 1.82) is 0 Å². The first kappa shape index (κ1) is 17.0. The average molecular weight is 347 g/mol. The highest BCUT2D eigenvalue weighted by Crippen LogP contribution is 2.25. The maximum atomic E-state index is 12.3. The maximum Gasteiger partial charge on any atom is 0.321 e. The minimum Gasteiger partial charge on any atom is -0.323 e. The van der Waals surface area contributed by atoms with Gasteiger partial charge in [0.15, 0.2) is 0 Å². The third-order valence-electron chi connectivity index (χ3n) is 3.51. The van der Waals surface area contributed by atoms with E-state index in [-0.39, 0.29) is 21.6 Å². The van der Waals surface area contributed by atoms with E-state index in [1.165, 1.54) is 18.2 Å². The number of halogens is 1. The molecule has 122 valence electrons. The first-order valence-corrected chi connectivity index (χ1v) is 8.76. The summed E-state index contributed by atoms with van der Waals surface area (Å²) in [6, 6.07) is 3.66. The lowest BCUT2D eigenvalue weighted by atomic mass is 10.3. The van der Waals surface area contributed by atoms with E-state index in [0.717, 1.165) is 19.5 Å². The Morgan fingerprint density at radius 3 is 2.68 bits per heavy atom. The number of likely N-dealkylation sites (N-methyl/N-ethyl adjacent to an activating group) is 1. The summed E-state index contributed by atoms with van der Waals surface area (Å²) in [5, 5.41) is 7.99. The van der Waals surface area contributed by atoms with E-state index in [9.17, 15) is 13.2 Å². The Balaban J connectivity index is 2.14. The van der Waals surface area contributed by atoms with Crippen molar-refractivity contribution in [2.45, 2.75) is 11.3 Å². The Kier molecular flexibility index (Phi) is 5.28. The summed E-state index contributed by atoms with van der Waals surface area (Å²) >= 11 is 6.01. The number of carbonyl (C=O) groups is 1. The molecule has 2 rings (SSSR count). The van der Waals surface area contributed by atoms with Gasteiger partial charge in [0.1, 0.15) is 0 Å². The quantitative estimate of drug-likeness (QED) is 0.839. The molecule has 0 unspecified atom stereocenters. The van der Waals surface area contributed by atoms with Crippen molar-refractivity contribution in [3.05, 3.63) is 23.2 Å². The van der Waals surface area contributed by atoms with Crippen LogP contribution in [0.3, 0.4) is 0 Å². The number of urea groups is 1. The third-order valence-corrected chi connectivity index (χ3v) is 4.76. The van der Waals surface area contributed by atoms with Crippen LogP contribution in [-0.2, 0) is 10.0 Å². The van der Waals surface area contributed by atoms with Crippen LogP contribution in [0.5, 0.6) is 0 Å². The minimum atomic E-state index is -3.85. The lowest BCUT2D eigenvalue weighted by Gasteiger charge is -2.21. The Hall–Kier alpha value is -1.35. The molecule has 0 spiro atoms. The van der Waals surface area contributed by atoms with Gasteiger partial charge in [0.05, 0.1) is 15.6 Å². The van der Waals surface area contributed by atoms with Crippen LogP contribution in [-0.4, -0.2) is 57.5 Å². The van der Waals surface area contributed by atoms with Gasteiger partial charge in [-0.25, -0.2) is 18.4 Å². The SMILES string of the molecule is CN1CCCN(C(=O)Nc2cc(S(N)(=O)=O)ccc2Cl)CC1. The number of nitrogens with one attached hydrogen (secondary N) is 1. The molecule has 0 aromatic heterocycles. The summed E-state index contributed by atoms with van der Waals surface area (Å²) in [5.74, 6) is 0. The van der Waals surface area contributed by atoms with Gasteiger partial charge in [-0.2, -0.15) is 0 Å². The molecule has 0 saturated carbocycles. The van der Waals surface area contributed by atoms with Gasteiger partial charge in [-0.15, -0.1) is 0 Å². The van der Waals surface area contributed by atoms with E-state index in [2.05, 4.69) is 10.2 Å². The average Bonchev–Trinajstić information content (AvgIpc) is 2.64. The van der Waals surface area contributed by atoms with Crippen molar-refractivity contribution < 1.29 is 13.2 Å². The second kappa shape index (κ2) is 6.82. The molecular weight excluding hydrogens is 328 g/mol. The topological polar surface area (TPSA) is 95.7 Å². The van der Waals surface area contributed by atoms with Crippen LogP contribution in [0.1, 0.15) is 6.42 Å². The van der Waals surface area contributed by atoms with Gasteiger partial charge < -0.3 is 15.1 Å². The van der Waals surface area contributed by atoms with Crippen molar-refractivity contribution in [2.75, 3.05) is 38.5 Å². The number of sulfonamides is 1. The Morgan fingerprint density at radius 2 is 2.00 bits per heavy atom. The first-order valence-electron chi connectivity index (χ1n) is 6.84. The van der Waals surface area contributed by atoms with Crippen molar-refractivity contribution in [3.63, 3.8) is 0 Å². The summed E-state index contributed by atoms with van der Waals surface area (Å²) in [6.45, 7) is 2.97. The van der Waals surface area contributed by atoms with Gasteiger partial charge in [0.25, 0.3) is 0 Å². The fourth-order valence-electron chi connectivity index (χ4n) is 2.22. The van der Waals surface area contributed by atoms with Crippen LogP contribution in [0.4, 0.5) is 10.5 Å². The minimum absolute atomic E-state index is 0.0946. The molecule has 0 bridgehead atoms. The molecule has 1 fully saturated rings. The van der Waals surface area contributed by atoms with Gasteiger partial charge in [-0.3, -0.25) is 0 Å². The lowest BCUT2D eigenvalue weighted by Crippen LogP contribution is -2.37. The molecule has 2 amide bonds. The van der Waals surface area contributed by atoms with Crippen molar-refractivity contribution in [3.8, 4) is 0 Å². The summed E-state index contributed by atoms with van der Waals surface area (Å²) in [7, 11) is -1.84. The molecule has 0 atom stereocenters. The molecule has 3 N–H and O–H groups in total. The zero-order chi connectivity index (χ0) is 16.3. The maximum absolute atomic E-state index is 12.3. The fourth-order valence-corrected chi connectivity index (χ4v) is 2.93. The summed E-state index contributed by atoms with van der Waals surface area (Å²) in [5.41, 5.74) is 0.232. The number of rotatable bonds is 2. The van der Waals surface area contributed by atoms with Crippen LogP contribution < -0.4 is 10.5 Å². The monoisotopic (exact) mass is 346 g/mol. The zero-order valence-electron chi connectivity index (χ0n) is 12.3. The molecule has 0 aliphatic carbocycles. The number of nitrogens with zero attached hydrogens (tertiary/aromatic N) is 2. The van der Waals surface area contributed by atoms with E-state index in [0.29, 0.717) is 13.1 Å². The van der Waals surface area contributed by atoms with Gasteiger partial charge in [-0.1, -0.05) is 11.6 Å². The number of benzene rings is 1. The van der Waals surface area contributed by atoms with Gasteiger partial charge >= 0.3 is 6.03 Å². The second-order valence-electron chi connectivity index (χ2n) is 5.26. The van der Waals surface area contributed by atoms with Gasteiger partial charge in [0.2, 0.25) is 10.0 Å². The van der Waals surface area contributed by atoms with E-state index < -0.39 is 10.0 Å². The van der Waals surface area contributed by atoms with E-state index in [1.54, 1.807) is 4.90 Å². The van der Waals surface area contributed by atoms with E-state index in [1.807, 2.05) is 7.05 Å². The molecule has 1 aliphatic rings. The highest BCUT2D eigenvalue weighted by Gasteiger charge is 2.19. The molecule has 1 aromatic carbocycles. The van der Waals surface area contributed by atoms with E-state index in [4.69, 9.17) is 16.7 Å². The highest BCUT2D eigenvalue weighted by molar-refractivity contribution is 7.89. The van der Waals surface area contributed by atoms with Crippen molar-refractivity contribution >= 4 is 33.3 Å². The Labute approximate surface area is 135 Å². The fraction of sp³-hybridized carbons (Fsp3) is 0.462. The largest absolute Gasteiger partial charge is 0.323 e. The molecule has 1 saturated heterocycles. The van der Waals surface area contributed by atoms with Crippen molar-refractivity contribution in [2.24, 2.45) is 5.14 Å². The number of anilines is 1. The van der Waals surface area contributed by atoms with Crippen LogP contribution in [0, 0.1) is 0 Å². The van der Waals surface area contributed by atoms with Crippen LogP contribution in [0.15, 0.2) is 23.1 Å². The molecule has 1 heterocycles. The summed E-state index contributed by atoms with van der Waals surface area (Å²) < 4.78 is 22.7. The number of primary sulfonamides is 1. The molecule has 0 radical (unpaired) electrons. The first-order chi connectivity index (χ1) is 10.3.